The van der Waals surface area contributed by atoms with Crippen molar-refractivity contribution in [2.75, 3.05) is 19.7 Å². The van der Waals surface area contributed by atoms with Crippen LogP contribution < -0.4 is 5.32 Å². The second kappa shape index (κ2) is 4.28. The maximum absolute atomic E-state index is 11.5. The SMILES string of the molecule is CC1NCC(=O)N1CC1CCCCO1. The van der Waals surface area contributed by atoms with Crippen molar-refractivity contribution in [3.8, 4) is 0 Å². The van der Waals surface area contributed by atoms with Crippen molar-refractivity contribution in [1.82, 2.24) is 10.2 Å². The first-order valence-electron chi connectivity index (χ1n) is 5.42. The minimum Gasteiger partial charge on any atom is -0.376 e. The van der Waals surface area contributed by atoms with Gasteiger partial charge in [-0.25, -0.2) is 0 Å². The number of nitrogens with zero attached hydrogens (tertiary/aromatic N) is 1. The number of rotatable bonds is 2. The van der Waals surface area contributed by atoms with Crippen LogP contribution in [0.1, 0.15) is 26.2 Å². The minimum atomic E-state index is 0.174. The molecule has 0 aromatic carbocycles. The maximum Gasteiger partial charge on any atom is 0.237 e. The second-order valence-corrected chi connectivity index (χ2v) is 4.09. The van der Waals surface area contributed by atoms with Gasteiger partial charge in [0.25, 0.3) is 0 Å². The number of amides is 1. The summed E-state index contributed by atoms with van der Waals surface area (Å²) in [5, 5.41) is 3.13. The van der Waals surface area contributed by atoms with Crippen LogP contribution >= 0.6 is 0 Å². The number of hydrogen-bond donors (Lipinski definition) is 1. The molecule has 2 rings (SSSR count). The Bertz CT molecular complexity index is 214. The van der Waals surface area contributed by atoms with Crippen molar-refractivity contribution >= 4 is 5.91 Å². The van der Waals surface area contributed by atoms with E-state index in [1.54, 1.807) is 0 Å². The molecule has 0 aromatic rings. The normalized spacial score (nSPS) is 33.8. The van der Waals surface area contributed by atoms with E-state index >= 15 is 0 Å². The lowest BCUT2D eigenvalue weighted by Crippen LogP contribution is -2.41. The fourth-order valence-electron chi connectivity index (χ4n) is 2.09. The first kappa shape index (κ1) is 9.93. The fourth-order valence-corrected chi connectivity index (χ4v) is 2.09. The molecule has 4 nitrogen and oxygen atoms in total. The summed E-state index contributed by atoms with van der Waals surface area (Å²) < 4.78 is 5.61. The van der Waals surface area contributed by atoms with Crippen LogP contribution in [0.3, 0.4) is 0 Å². The molecule has 0 radical (unpaired) electrons. The van der Waals surface area contributed by atoms with Gasteiger partial charge >= 0.3 is 0 Å². The zero-order valence-electron chi connectivity index (χ0n) is 8.66. The molecular weight excluding hydrogens is 180 g/mol. The third-order valence-electron chi connectivity index (χ3n) is 3.01. The van der Waals surface area contributed by atoms with E-state index < -0.39 is 0 Å². The quantitative estimate of drug-likeness (QED) is 0.695. The van der Waals surface area contributed by atoms with Gasteiger partial charge in [-0.3, -0.25) is 10.1 Å². The lowest BCUT2D eigenvalue weighted by molar-refractivity contribution is -0.130. The second-order valence-electron chi connectivity index (χ2n) is 4.09. The molecule has 0 saturated carbocycles. The van der Waals surface area contributed by atoms with E-state index in [-0.39, 0.29) is 18.2 Å². The average molecular weight is 198 g/mol. The van der Waals surface area contributed by atoms with Crippen molar-refractivity contribution in [2.24, 2.45) is 0 Å². The van der Waals surface area contributed by atoms with E-state index in [0.29, 0.717) is 6.54 Å². The Morgan fingerprint density at radius 3 is 3.00 bits per heavy atom. The third kappa shape index (κ3) is 2.07. The number of nitrogens with one attached hydrogen (secondary N) is 1. The third-order valence-corrected chi connectivity index (χ3v) is 3.01. The topological polar surface area (TPSA) is 41.6 Å². The number of hydrogen-bond acceptors (Lipinski definition) is 3. The molecule has 0 aliphatic carbocycles. The van der Waals surface area contributed by atoms with Gasteiger partial charge in [-0.05, 0) is 26.2 Å². The average Bonchev–Trinajstić information content (AvgIpc) is 2.51. The van der Waals surface area contributed by atoms with Gasteiger partial charge in [-0.15, -0.1) is 0 Å². The highest BCUT2D eigenvalue weighted by Crippen LogP contribution is 2.16. The van der Waals surface area contributed by atoms with Crippen molar-refractivity contribution in [1.29, 1.82) is 0 Å². The molecule has 0 spiro atoms. The van der Waals surface area contributed by atoms with E-state index in [1.807, 2.05) is 11.8 Å². The van der Waals surface area contributed by atoms with E-state index in [0.717, 1.165) is 26.0 Å². The van der Waals surface area contributed by atoms with Gasteiger partial charge in [0, 0.05) is 13.2 Å². The first-order chi connectivity index (χ1) is 6.77. The number of ether oxygens (including phenoxy) is 1. The summed E-state index contributed by atoms with van der Waals surface area (Å²) in [6.07, 6.45) is 3.92. The van der Waals surface area contributed by atoms with E-state index in [2.05, 4.69) is 5.32 Å². The summed E-state index contributed by atoms with van der Waals surface area (Å²) >= 11 is 0. The van der Waals surface area contributed by atoms with Crippen LogP contribution in [0.4, 0.5) is 0 Å². The van der Waals surface area contributed by atoms with Crippen LogP contribution in [-0.4, -0.2) is 42.8 Å². The standard InChI is InChI=1S/C10H18N2O2/c1-8-11-6-10(13)12(8)7-9-4-2-3-5-14-9/h8-9,11H,2-7H2,1H3. The Kier molecular flexibility index (Phi) is 3.03. The zero-order chi connectivity index (χ0) is 9.97. The molecule has 0 aromatic heterocycles. The van der Waals surface area contributed by atoms with Crippen LogP contribution in [-0.2, 0) is 9.53 Å². The molecular formula is C10H18N2O2. The van der Waals surface area contributed by atoms with Gasteiger partial charge in [0.2, 0.25) is 5.91 Å². The minimum absolute atomic E-state index is 0.174. The zero-order valence-corrected chi connectivity index (χ0v) is 8.66. The molecule has 2 aliphatic rings. The van der Waals surface area contributed by atoms with Gasteiger partial charge in [-0.1, -0.05) is 0 Å². The predicted molar refractivity (Wildman–Crippen MR) is 52.8 cm³/mol. The van der Waals surface area contributed by atoms with Gasteiger partial charge in [0.1, 0.15) is 0 Å². The molecule has 1 N–H and O–H groups in total. The molecule has 2 heterocycles. The van der Waals surface area contributed by atoms with Crippen molar-refractivity contribution in [2.45, 2.75) is 38.5 Å². The Balaban J connectivity index is 1.85. The van der Waals surface area contributed by atoms with Crippen LogP contribution in [0.2, 0.25) is 0 Å². The summed E-state index contributed by atoms with van der Waals surface area (Å²) in [7, 11) is 0. The van der Waals surface area contributed by atoms with Crippen LogP contribution in [0.15, 0.2) is 0 Å². The lowest BCUT2D eigenvalue weighted by atomic mass is 10.1. The summed E-state index contributed by atoms with van der Waals surface area (Å²) in [6, 6.07) is 0. The molecule has 2 unspecified atom stereocenters. The maximum atomic E-state index is 11.5. The van der Waals surface area contributed by atoms with E-state index in [1.165, 1.54) is 6.42 Å². The monoisotopic (exact) mass is 198 g/mol. The largest absolute Gasteiger partial charge is 0.376 e. The summed E-state index contributed by atoms with van der Waals surface area (Å²) in [5.74, 6) is 0.201. The van der Waals surface area contributed by atoms with E-state index in [9.17, 15) is 4.79 Å². The molecule has 2 aliphatic heterocycles. The highest BCUT2D eigenvalue weighted by atomic mass is 16.5. The fraction of sp³-hybridized carbons (Fsp3) is 0.900. The Morgan fingerprint density at radius 1 is 1.57 bits per heavy atom. The highest BCUT2D eigenvalue weighted by Gasteiger charge is 2.29. The van der Waals surface area contributed by atoms with Crippen molar-refractivity contribution < 1.29 is 9.53 Å². The molecule has 2 saturated heterocycles. The van der Waals surface area contributed by atoms with Crippen molar-refractivity contribution in [3.05, 3.63) is 0 Å². The van der Waals surface area contributed by atoms with Gasteiger partial charge in [-0.2, -0.15) is 0 Å². The number of carbonyl (C=O) groups excluding carboxylic acids is 1. The van der Waals surface area contributed by atoms with Crippen LogP contribution in [0, 0.1) is 0 Å². The molecule has 4 heteroatoms. The van der Waals surface area contributed by atoms with Crippen LogP contribution in [0.5, 0.6) is 0 Å². The smallest absolute Gasteiger partial charge is 0.237 e. The Hall–Kier alpha value is -0.610. The molecule has 0 bridgehead atoms. The molecule has 2 atom stereocenters. The molecule has 14 heavy (non-hydrogen) atoms. The summed E-state index contributed by atoms with van der Waals surface area (Å²) in [4.78, 5) is 13.4. The van der Waals surface area contributed by atoms with E-state index in [4.69, 9.17) is 4.74 Å². The first-order valence-corrected chi connectivity index (χ1v) is 5.42. The Labute approximate surface area is 84.6 Å². The summed E-state index contributed by atoms with van der Waals surface area (Å²) in [6.45, 7) is 4.11. The van der Waals surface area contributed by atoms with Gasteiger partial charge < -0.3 is 9.64 Å². The molecule has 80 valence electrons. The Morgan fingerprint density at radius 2 is 2.43 bits per heavy atom. The van der Waals surface area contributed by atoms with Gasteiger partial charge in [0.15, 0.2) is 0 Å². The highest BCUT2D eigenvalue weighted by molar-refractivity contribution is 5.80. The van der Waals surface area contributed by atoms with Gasteiger partial charge in [0.05, 0.1) is 18.8 Å². The lowest BCUT2D eigenvalue weighted by Gasteiger charge is -2.29. The van der Waals surface area contributed by atoms with Crippen molar-refractivity contribution in [3.63, 3.8) is 0 Å². The molecule has 2 fully saturated rings. The molecule has 1 amide bonds. The summed E-state index contributed by atoms with van der Waals surface area (Å²) in [5.41, 5.74) is 0. The number of carbonyl (C=O) groups is 1. The van der Waals surface area contributed by atoms with Crippen LogP contribution in [0.25, 0.3) is 0 Å². The predicted octanol–water partition coefficient (Wildman–Crippen LogP) is 0.333.